The molecule has 0 aliphatic heterocycles. The monoisotopic (exact) mass is 350 g/mol. The molecule has 3 N–H and O–H groups in total. The van der Waals surface area contributed by atoms with Gasteiger partial charge in [0.2, 0.25) is 0 Å². The fraction of sp³-hybridized carbons (Fsp3) is 0.579. The van der Waals surface area contributed by atoms with Crippen LogP contribution >= 0.6 is 0 Å². The predicted octanol–water partition coefficient (Wildman–Crippen LogP) is 3.34. The molecule has 1 aliphatic rings. The van der Waals surface area contributed by atoms with Crippen molar-refractivity contribution in [2.45, 2.75) is 58.0 Å². The van der Waals surface area contributed by atoms with E-state index in [9.17, 15) is 14.0 Å². The molecule has 1 fully saturated rings. The van der Waals surface area contributed by atoms with Crippen LogP contribution in [0.2, 0.25) is 0 Å². The van der Waals surface area contributed by atoms with Crippen LogP contribution in [0, 0.1) is 17.7 Å². The molecule has 25 heavy (non-hydrogen) atoms. The largest absolute Gasteiger partial charge is 0.481 e. The van der Waals surface area contributed by atoms with Crippen LogP contribution in [0.1, 0.15) is 45.1 Å². The summed E-state index contributed by atoms with van der Waals surface area (Å²) in [5, 5.41) is 15.0. The topological polar surface area (TPSA) is 78.4 Å². The highest BCUT2D eigenvalue weighted by atomic mass is 19.1. The maximum atomic E-state index is 13.0. The van der Waals surface area contributed by atoms with Crippen LogP contribution in [-0.2, 0) is 11.2 Å². The van der Waals surface area contributed by atoms with Crippen molar-refractivity contribution in [3.8, 4) is 0 Å². The minimum Gasteiger partial charge on any atom is -0.481 e. The summed E-state index contributed by atoms with van der Waals surface area (Å²) in [6.45, 7) is 4.07. The summed E-state index contributed by atoms with van der Waals surface area (Å²) in [4.78, 5) is 23.3. The summed E-state index contributed by atoms with van der Waals surface area (Å²) in [6, 6.07) is 6.06. The van der Waals surface area contributed by atoms with E-state index in [1.165, 1.54) is 12.1 Å². The van der Waals surface area contributed by atoms with Gasteiger partial charge in [-0.1, -0.05) is 26.0 Å². The standard InChI is InChI=1S/C19H27FN2O3/c1-12(2)17(11-13-3-7-15(20)8-4-13)22-19(25)21-16-9-5-14(6-10-16)18(23)24/h3-4,7-8,12,14,16-17H,5-6,9-11H2,1-2H3,(H,23,24)(H2,21,22,25). The van der Waals surface area contributed by atoms with Crippen LogP contribution in [0.3, 0.4) is 0 Å². The first-order valence-corrected chi connectivity index (χ1v) is 8.89. The summed E-state index contributed by atoms with van der Waals surface area (Å²) in [5.74, 6) is -1.07. The van der Waals surface area contributed by atoms with Crippen molar-refractivity contribution in [3.05, 3.63) is 35.6 Å². The van der Waals surface area contributed by atoms with E-state index in [1.54, 1.807) is 12.1 Å². The number of nitrogens with one attached hydrogen (secondary N) is 2. The molecule has 1 unspecified atom stereocenters. The number of carbonyl (C=O) groups excluding carboxylic acids is 1. The second kappa shape index (κ2) is 8.83. The number of hydrogen-bond donors (Lipinski definition) is 3. The van der Waals surface area contributed by atoms with Gasteiger partial charge in [0.05, 0.1) is 5.92 Å². The Morgan fingerprint density at radius 2 is 1.76 bits per heavy atom. The highest BCUT2D eigenvalue weighted by molar-refractivity contribution is 5.75. The number of rotatable bonds is 6. The van der Waals surface area contributed by atoms with Gasteiger partial charge in [-0.25, -0.2) is 9.18 Å². The Bertz CT molecular complexity index is 581. The highest BCUT2D eigenvalue weighted by Crippen LogP contribution is 2.24. The van der Waals surface area contributed by atoms with Gasteiger partial charge in [-0.2, -0.15) is 0 Å². The van der Waals surface area contributed by atoms with Gasteiger partial charge in [-0.05, 0) is 55.7 Å². The van der Waals surface area contributed by atoms with Crippen molar-refractivity contribution in [1.29, 1.82) is 0 Å². The molecular weight excluding hydrogens is 323 g/mol. The van der Waals surface area contributed by atoms with E-state index in [0.717, 1.165) is 5.56 Å². The Kier molecular flexibility index (Phi) is 6.79. The number of amides is 2. The highest BCUT2D eigenvalue weighted by Gasteiger charge is 2.27. The number of carbonyl (C=O) groups is 2. The maximum absolute atomic E-state index is 13.0. The molecule has 1 saturated carbocycles. The van der Waals surface area contributed by atoms with Gasteiger partial charge in [-0.15, -0.1) is 0 Å². The van der Waals surface area contributed by atoms with E-state index in [2.05, 4.69) is 10.6 Å². The van der Waals surface area contributed by atoms with Gasteiger partial charge in [0, 0.05) is 12.1 Å². The molecule has 0 heterocycles. The Hall–Kier alpha value is -2.11. The van der Waals surface area contributed by atoms with E-state index in [0.29, 0.717) is 32.1 Å². The van der Waals surface area contributed by atoms with Gasteiger partial charge < -0.3 is 15.7 Å². The first-order chi connectivity index (χ1) is 11.8. The van der Waals surface area contributed by atoms with Gasteiger partial charge in [0.15, 0.2) is 0 Å². The van der Waals surface area contributed by atoms with E-state index >= 15 is 0 Å². The fourth-order valence-electron chi connectivity index (χ4n) is 3.21. The third-order valence-corrected chi connectivity index (χ3v) is 4.90. The number of halogens is 1. The molecule has 0 radical (unpaired) electrons. The minimum absolute atomic E-state index is 0.0224. The predicted molar refractivity (Wildman–Crippen MR) is 93.8 cm³/mol. The van der Waals surface area contributed by atoms with Crippen LogP contribution in [0.25, 0.3) is 0 Å². The lowest BCUT2D eigenvalue weighted by Crippen LogP contribution is -2.49. The molecule has 1 aromatic carbocycles. The fourth-order valence-corrected chi connectivity index (χ4v) is 3.21. The molecule has 2 rings (SSSR count). The molecule has 6 heteroatoms. The Morgan fingerprint density at radius 1 is 1.16 bits per heavy atom. The SMILES string of the molecule is CC(C)C(Cc1ccc(F)cc1)NC(=O)NC1CCC(C(=O)O)CC1. The number of aliphatic carboxylic acids is 1. The lowest BCUT2D eigenvalue weighted by Gasteiger charge is -2.29. The third kappa shape index (κ3) is 6.03. The summed E-state index contributed by atoms with van der Waals surface area (Å²) >= 11 is 0. The van der Waals surface area contributed by atoms with E-state index in [1.807, 2.05) is 13.8 Å². The van der Waals surface area contributed by atoms with E-state index < -0.39 is 5.97 Å². The second-order valence-corrected chi connectivity index (χ2v) is 7.19. The molecule has 1 atom stereocenters. The molecule has 0 bridgehead atoms. The molecule has 2 amide bonds. The van der Waals surface area contributed by atoms with Crippen molar-refractivity contribution in [1.82, 2.24) is 10.6 Å². The summed E-state index contributed by atoms with van der Waals surface area (Å²) in [7, 11) is 0. The Balaban J connectivity index is 1.84. The molecule has 138 valence electrons. The normalized spacial score (nSPS) is 21.6. The van der Waals surface area contributed by atoms with Gasteiger partial charge in [0.25, 0.3) is 0 Å². The quantitative estimate of drug-likeness (QED) is 0.736. The number of benzene rings is 1. The van der Waals surface area contributed by atoms with E-state index in [4.69, 9.17) is 5.11 Å². The summed E-state index contributed by atoms with van der Waals surface area (Å²) < 4.78 is 13.0. The molecule has 1 aromatic rings. The van der Waals surface area contributed by atoms with Crippen LogP contribution in [0.15, 0.2) is 24.3 Å². The number of urea groups is 1. The molecular formula is C19H27FN2O3. The lowest BCUT2D eigenvalue weighted by molar-refractivity contribution is -0.142. The second-order valence-electron chi connectivity index (χ2n) is 7.19. The zero-order chi connectivity index (χ0) is 18.4. The Labute approximate surface area is 148 Å². The van der Waals surface area contributed by atoms with Crippen LogP contribution < -0.4 is 10.6 Å². The first-order valence-electron chi connectivity index (χ1n) is 8.89. The molecule has 1 aliphatic carbocycles. The van der Waals surface area contributed by atoms with Crippen molar-refractivity contribution >= 4 is 12.0 Å². The average Bonchev–Trinajstić information content (AvgIpc) is 2.56. The number of carboxylic acids is 1. The average molecular weight is 350 g/mol. The van der Waals surface area contributed by atoms with Gasteiger partial charge in [-0.3, -0.25) is 4.79 Å². The van der Waals surface area contributed by atoms with Crippen LogP contribution in [-0.4, -0.2) is 29.2 Å². The van der Waals surface area contributed by atoms with Crippen LogP contribution in [0.5, 0.6) is 0 Å². The maximum Gasteiger partial charge on any atom is 0.315 e. The van der Waals surface area contributed by atoms with Crippen molar-refractivity contribution in [2.75, 3.05) is 0 Å². The van der Waals surface area contributed by atoms with Gasteiger partial charge in [0.1, 0.15) is 5.82 Å². The zero-order valence-electron chi connectivity index (χ0n) is 14.8. The minimum atomic E-state index is -0.748. The molecule has 0 saturated heterocycles. The number of hydrogen-bond acceptors (Lipinski definition) is 2. The molecule has 5 nitrogen and oxygen atoms in total. The summed E-state index contributed by atoms with van der Waals surface area (Å²) in [5.41, 5.74) is 0.974. The third-order valence-electron chi connectivity index (χ3n) is 4.90. The van der Waals surface area contributed by atoms with Crippen LogP contribution in [0.4, 0.5) is 9.18 Å². The van der Waals surface area contributed by atoms with Crippen molar-refractivity contribution < 1.29 is 19.1 Å². The first kappa shape index (κ1) is 19.2. The van der Waals surface area contributed by atoms with Gasteiger partial charge >= 0.3 is 12.0 Å². The molecule has 0 spiro atoms. The molecule has 0 aromatic heterocycles. The summed E-state index contributed by atoms with van der Waals surface area (Å²) in [6.07, 6.45) is 3.22. The Morgan fingerprint density at radius 3 is 2.28 bits per heavy atom. The smallest absolute Gasteiger partial charge is 0.315 e. The zero-order valence-corrected chi connectivity index (χ0v) is 14.8. The number of carboxylic acid groups (broad SMARTS) is 1. The van der Waals surface area contributed by atoms with E-state index in [-0.39, 0.29) is 35.8 Å². The van der Waals surface area contributed by atoms with Crippen molar-refractivity contribution in [2.24, 2.45) is 11.8 Å². The van der Waals surface area contributed by atoms with Crippen molar-refractivity contribution in [3.63, 3.8) is 0 Å². The lowest BCUT2D eigenvalue weighted by atomic mass is 9.86.